The first-order chi connectivity index (χ1) is 13.1. The molecule has 9 heteroatoms. The van der Waals surface area contributed by atoms with Crippen LogP contribution < -0.4 is 24.8 Å². The van der Waals surface area contributed by atoms with Crippen molar-refractivity contribution in [3.8, 4) is 17.2 Å². The lowest BCUT2D eigenvalue weighted by atomic mass is 9.91. The van der Waals surface area contributed by atoms with E-state index in [1.807, 2.05) is 13.8 Å². The number of imide groups is 1. The van der Waals surface area contributed by atoms with Crippen molar-refractivity contribution in [2.45, 2.75) is 32.7 Å². The highest BCUT2D eigenvalue weighted by Crippen LogP contribution is 2.39. The number of nitrogens with zero attached hydrogens (tertiary/aromatic N) is 1. The monoisotopic (exact) mass is 393 g/mol. The Labute approximate surface area is 164 Å². The van der Waals surface area contributed by atoms with Gasteiger partial charge in [-0.05, 0) is 19.3 Å². The molecule has 2 N–H and O–H groups in total. The second-order valence-electron chi connectivity index (χ2n) is 7.21. The van der Waals surface area contributed by atoms with Crippen molar-refractivity contribution in [3.05, 3.63) is 12.1 Å². The summed E-state index contributed by atoms with van der Waals surface area (Å²) in [6.45, 7) is 5.20. The van der Waals surface area contributed by atoms with E-state index in [0.717, 1.165) is 4.90 Å². The van der Waals surface area contributed by atoms with Crippen LogP contribution in [-0.2, 0) is 9.59 Å². The smallest absolute Gasteiger partial charge is 0.325 e. The van der Waals surface area contributed by atoms with E-state index in [1.54, 1.807) is 19.1 Å². The highest BCUT2D eigenvalue weighted by atomic mass is 16.5. The van der Waals surface area contributed by atoms with Crippen molar-refractivity contribution in [2.75, 3.05) is 33.2 Å². The minimum Gasteiger partial charge on any atom is -0.493 e. The fourth-order valence-electron chi connectivity index (χ4n) is 3.34. The number of amides is 4. The number of nitrogens with one attached hydrogen (secondary N) is 2. The van der Waals surface area contributed by atoms with E-state index in [2.05, 4.69) is 10.6 Å². The van der Waals surface area contributed by atoms with Gasteiger partial charge in [0.1, 0.15) is 12.1 Å². The van der Waals surface area contributed by atoms with Crippen LogP contribution in [0.5, 0.6) is 17.2 Å². The number of benzene rings is 1. The predicted molar refractivity (Wildman–Crippen MR) is 103 cm³/mol. The van der Waals surface area contributed by atoms with Crippen LogP contribution in [0.4, 0.5) is 10.5 Å². The van der Waals surface area contributed by atoms with Gasteiger partial charge in [0, 0.05) is 17.8 Å². The first-order valence-electron chi connectivity index (χ1n) is 8.89. The topological polar surface area (TPSA) is 106 Å². The summed E-state index contributed by atoms with van der Waals surface area (Å²) < 4.78 is 15.7. The number of hydrogen-bond donors (Lipinski definition) is 2. The zero-order valence-electron chi connectivity index (χ0n) is 17.0. The van der Waals surface area contributed by atoms with E-state index in [9.17, 15) is 14.4 Å². The molecule has 0 saturated carbocycles. The van der Waals surface area contributed by atoms with E-state index in [1.165, 1.54) is 21.3 Å². The summed E-state index contributed by atoms with van der Waals surface area (Å²) >= 11 is 0. The number of methoxy groups -OCH3 is 3. The van der Waals surface area contributed by atoms with Crippen LogP contribution in [0.25, 0.3) is 0 Å². The van der Waals surface area contributed by atoms with E-state index in [0.29, 0.717) is 29.4 Å². The minimum absolute atomic E-state index is 0.210. The van der Waals surface area contributed by atoms with Gasteiger partial charge in [-0.1, -0.05) is 13.8 Å². The standard InChI is InChI=1S/C19H27N3O6/c1-11(2)9-19(3)17(24)22(18(25)21-19)10-15(23)20-12-7-13(26-4)16(28-6)14(8-12)27-5/h7-8,11H,9-10H2,1-6H3,(H,20,23)(H,21,25)/t19-/m0/s1. The van der Waals surface area contributed by atoms with Crippen LogP contribution in [0.3, 0.4) is 0 Å². The Morgan fingerprint density at radius 1 is 1.14 bits per heavy atom. The van der Waals surface area contributed by atoms with E-state index < -0.39 is 29.9 Å². The lowest BCUT2D eigenvalue weighted by Crippen LogP contribution is -2.45. The second-order valence-corrected chi connectivity index (χ2v) is 7.21. The minimum atomic E-state index is -1.00. The van der Waals surface area contributed by atoms with Crippen molar-refractivity contribution in [2.24, 2.45) is 5.92 Å². The normalized spacial score (nSPS) is 18.9. The second kappa shape index (κ2) is 8.37. The molecule has 0 unspecified atom stereocenters. The molecule has 1 aromatic carbocycles. The molecule has 4 amide bonds. The molecule has 0 radical (unpaired) electrons. The molecular weight excluding hydrogens is 366 g/mol. The summed E-state index contributed by atoms with van der Waals surface area (Å²) in [5.41, 5.74) is -0.616. The Morgan fingerprint density at radius 3 is 2.18 bits per heavy atom. The highest BCUT2D eigenvalue weighted by Gasteiger charge is 2.48. The Bertz CT molecular complexity index is 754. The molecule has 1 atom stereocenters. The van der Waals surface area contributed by atoms with Gasteiger partial charge in [-0.15, -0.1) is 0 Å². The fraction of sp³-hybridized carbons (Fsp3) is 0.526. The van der Waals surface area contributed by atoms with Crippen molar-refractivity contribution < 1.29 is 28.6 Å². The van der Waals surface area contributed by atoms with Crippen LogP contribution in [0.1, 0.15) is 27.2 Å². The SMILES string of the molecule is COc1cc(NC(=O)CN2C(=O)N[C@@](C)(CC(C)C)C2=O)cc(OC)c1OC. The molecule has 154 valence electrons. The number of carbonyl (C=O) groups is 3. The highest BCUT2D eigenvalue weighted by molar-refractivity contribution is 6.10. The average Bonchev–Trinajstić information content (AvgIpc) is 2.82. The lowest BCUT2D eigenvalue weighted by Gasteiger charge is -2.23. The third-order valence-corrected chi connectivity index (χ3v) is 4.41. The summed E-state index contributed by atoms with van der Waals surface area (Å²) in [4.78, 5) is 38.2. The molecule has 0 bridgehead atoms. The Morgan fingerprint density at radius 2 is 1.71 bits per heavy atom. The molecule has 1 saturated heterocycles. The zero-order chi connectivity index (χ0) is 21.1. The van der Waals surface area contributed by atoms with Crippen LogP contribution in [0, 0.1) is 5.92 Å². The third kappa shape index (κ3) is 4.29. The van der Waals surface area contributed by atoms with Gasteiger partial charge >= 0.3 is 6.03 Å². The molecule has 0 spiro atoms. The van der Waals surface area contributed by atoms with E-state index in [-0.39, 0.29) is 5.92 Å². The molecule has 1 fully saturated rings. The largest absolute Gasteiger partial charge is 0.493 e. The van der Waals surface area contributed by atoms with Gasteiger partial charge in [-0.2, -0.15) is 0 Å². The molecule has 2 rings (SSSR count). The first kappa shape index (κ1) is 21.3. The van der Waals surface area contributed by atoms with Gasteiger partial charge in [0.15, 0.2) is 11.5 Å². The van der Waals surface area contributed by atoms with Crippen molar-refractivity contribution in [1.82, 2.24) is 10.2 Å². The lowest BCUT2D eigenvalue weighted by molar-refractivity contribution is -0.133. The molecule has 1 aliphatic heterocycles. The van der Waals surface area contributed by atoms with E-state index >= 15 is 0 Å². The quantitative estimate of drug-likeness (QED) is 0.655. The molecule has 28 heavy (non-hydrogen) atoms. The van der Waals surface area contributed by atoms with Gasteiger partial charge in [-0.25, -0.2) is 4.79 Å². The summed E-state index contributed by atoms with van der Waals surface area (Å²) in [5.74, 6) is 0.412. The Kier molecular flexibility index (Phi) is 6.37. The summed E-state index contributed by atoms with van der Waals surface area (Å²) in [7, 11) is 4.40. The summed E-state index contributed by atoms with van der Waals surface area (Å²) in [6, 6.07) is 2.55. The fourth-order valence-corrected chi connectivity index (χ4v) is 3.34. The third-order valence-electron chi connectivity index (χ3n) is 4.41. The average molecular weight is 393 g/mol. The van der Waals surface area contributed by atoms with Gasteiger partial charge in [0.25, 0.3) is 5.91 Å². The number of rotatable bonds is 8. The summed E-state index contributed by atoms with van der Waals surface area (Å²) in [5, 5.41) is 5.33. The predicted octanol–water partition coefficient (Wildman–Crippen LogP) is 2.01. The maximum absolute atomic E-state index is 12.7. The summed E-state index contributed by atoms with van der Waals surface area (Å²) in [6.07, 6.45) is 0.489. The van der Waals surface area contributed by atoms with Crippen molar-refractivity contribution in [3.63, 3.8) is 0 Å². The zero-order valence-corrected chi connectivity index (χ0v) is 17.0. The maximum atomic E-state index is 12.7. The number of carbonyl (C=O) groups excluding carboxylic acids is 3. The molecule has 0 aromatic heterocycles. The maximum Gasteiger partial charge on any atom is 0.325 e. The number of hydrogen-bond acceptors (Lipinski definition) is 6. The number of anilines is 1. The van der Waals surface area contributed by atoms with Crippen LogP contribution in [-0.4, -0.2) is 56.2 Å². The van der Waals surface area contributed by atoms with Crippen LogP contribution in [0.2, 0.25) is 0 Å². The molecule has 0 aliphatic carbocycles. The molecular formula is C19H27N3O6. The Hall–Kier alpha value is -2.97. The van der Waals surface area contributed by atoms with Crippen LogP contribution >= 0.6 is 0 Å². The van der Waals surface area contributed by atoms with Crippen molar-refractivity contribution in [1.29, 1.82) is 0 Å². The first-order valence-corrected chi connectivity index (χ1v) is 8.89. The van der Waals surface area contributed by atoms with Gasteiger partial charge in [0.2, 0.25) is 11.7 Å². The van der Waals surface area contributed by atoms with Gasteiger partial charge in [0.05, 0.1) is 21.3 Å². The van der Waals surface area contributed by atoms with Crippen LogP contribution in [0.15, 0.2) is 12.1 Å². The number of urea groups is 1. The van der Waals surface area contributed by atoms with Gasteiger partial charge in [-0.3, -0.25) is 14.5 Å². The number of ether oxygens (including phenoxy) is 3. The molecule has 1 aromatic rings. The van der Waals surface area contributed by atoms with Gasteiger partial charge < -0.3 is 24.8 Å². The molecule has 1 aliphatic rings. The molecule has 9 nitrogen and oxygen atoms in total. The van der Waals surface area contributed by atoms with Crippen molar-refractivity contribution >= 4 is 23.5 Å². The Balaban J connectivity index is 2.14. The molecule has 1 heterocycles. The van der Waals surface area contributed by atoms with E-state index in [4.69, 9.17) is 14.2 Å².